The van der Waals surface area contributed by atoms with E-state index in [0.717, 1.165) is 0 Å². The number of carbonyl (C=O) groups is 3. The van der Waals surface area contributed by atoms with Crippen molar-refractivity contribution in [2.75, 3.05) is 11.9 Å². The summed E-state index contributed by atoms with van der Waals surface area (Å²) in [6.07, 6.45) is -0.468. The molecular weight excluding hydrogens is 318 g/mol. The number of ketones is 1. The van der Waals surface area contributed by atoms with Gasteiger partial charge in [-0.05, 0) is 24.3 Å². The van der Waals surface area contributed by atoms with E-state index in [1.807, 2.05) is 0 Å². The van der Waals surface area contributed by atoms with Gasteiger partial charge in [0.25, 0.3) is 0 Å². The first-order valence-electron chi connectivity index (χ1n) is 6.84. The predicted octanol–water partition coefficient (Wildman–Crippen LogP) is 3.09. The number of ether oxygens (including phenoxy) is 1. The topological polar surface area (TPSA) is 72.5 Å². The lowest BCUT2D eigenvalue weighted by molar-refractivity contribution is -0.144. The minimum Gasteiger partial charge on any atom is -0.457 e. The van der Waals surface area contributed by atoms with E-state index in [-0.39, 0.29) is 5.78 Å². The molecule has 6 heteroatoms. The lowest BCUT2D eigenvalue weighted by Gasteiger charge is -2.06. The summed E-state index contributed by atoms with van der Waals surface area (Å²) in [5, 5.41) is 3.08. The number of esters is 1. The van der Waals surface area contributed by atoms with Crippen LogP contribution in [0.1, 0.15) is 16.8 Å². The summed E-state index contributed by atoms with van der Waals surface area (Å²) in [6, 6.07) is 14.9. The second kappa shape index (κ2) is 8.10. The first kappa shape index (κ1) is 16.7. The van der Waals surface area contributed by atoms with Crippen LogP contribution in [0.3, 0.4) is 0 Å². The maximum atomic E-state index is 11.8. The van der Waals surface area contributed by atoms with Gasteiger partial charge in [0.2, 0.25) is 5.91 Å². The van der Waals surface area contributed by atoms with Crippen molar-refractivity contribution in [1.29, 1.82) is 0 Å². The van der Waals surface area contributed by atoms with Crippen LogP contribution in [0.15, 0.2) is 54.6 Å². The quantitative estimate of drug-likeness (QED) is 0.501. The van der Waals surface area contributed by atoms with Crippen molar-refractivity contribution in [3.8, 4) is 0 Å². The molecule has 0 saturated carbocycles. The molecule has 0 spiro atoms. The number of halogens is 1. The van der Waals surface area contributed by atoms with Gasteiger partial charge >= 0.3 is 5.97 Å². The van der Waals surface area contributed by atoms with Crippen LogP contribution in [-0.4, -0.2) is 24.3 Å². The Kier molecular flexibility index (Phi) is 5.88. The number of anilines is 1. The minimum absolute atomic E-state index is 0.322. The Hall–Kier alpha value is -2.66. The van der Waals surface area contributed by atoms with Gasteiger partial charge in [-0.2, -0.15) is 0 Å². The van der Waals surface area contributed by atoms with E-state index in [9.17, 15) is 14.4 Å². The number of rotatable bonds is 6. The summed E-state index contributed by atoms with van der Waals surface area (Å²) in [4.78, 5) is 35.0. The fourth-order valence-corrected chi connectivity index (χ4v) is 1.90. The summed E-state index contributed by atoms with van der Waals surface area (Å²) in [5.74, 6) is -1.61. The maximum absolute atomic E-state index is 11.8. The molecule has 2 rings (SSSR count). The van der Waals surface area contributed by atoms with Crippen LogP contribution in [-0.2, 0) is 14.3 Å². The second-order valence-electron chi connectivity index (χ2n) is 4.68. The highest BCUT2D eigenvalue weighted by Crippen LogP contribution is 2.13. The van der Waals surface area contributed by atoms with Gasteiger partial charge in [0.15, 0.2) is 12.4 Å². The standard InChI is InChI=1S/C17H14ClNO4/c18-13-6-8-14(9-7-13)19-16(21)10-17(22)23-11-15(20)12-4-2-1-3-5-12/h1-9H,10-11H2,(H,19,21). The number of nitrogens with one attached hydrogen (secondary N) is 1. The highest BCUT2D eigenvalue weighted by molar-refractivity contribution is 6.30. The second-order valence-corrected chi connectivity index (χ2v) is 5.12. The summed E-state index contributed by atoms with van der Waals surface area (Å²) < 4.78 is 4.82. The molecule has 0 aromatic heterocycles. The van der Waals surface area contributed by atoms with Gasteiger partial charge in [-0.1, -0.05) is 41.9 Å². The van der Waals surface area contributed by atoms with Crippen LogP contribution in [0.4, 0.5) is 5.69 Å². The van der Waals surface area contributed by atoms with E-state index in [2.05, 4.69) is 5.32 Å². The molecule has 5 nitrogen and oxygen atoms in total. The van der Waals surface area contributed by atoms with Crippen molar-refractivity contribution >= 4 is 34.9 Å². The number of benzene rings is 2. The van der Waals surface area contributed by atoms with Crippen LogP contribution < -0.4 is 5.32 Å². The van der Waals surface area contributed by atoms with E-state index in [4.69, 9.17) is 16.3 Å². The Bertz CT molecular complexity index is 698. The first-order valence-corrected chi connectivity index (χ1v) is 7.21. The molecule has 0 radical (unpaired) electrons. The molecule has 118 valence electrons. The average molecular weight is 332 g/mol. The molecule has 0 atom stereocenters. The summed E-state index contributed by atoms with van der Waals surface area (Å²) in [5.41, 5.74) is 0.971. The summed E-state index contributed by atoms with van der Waals surface area (Å²) >= 11 is 5.74. The van der Waals surface area contributed by atoms with Gasteiger partial charge < -0.3 is 10.1 Å². The number of carbonyl (C=O) groups excluding carboxylic acids is 3. The zero-order chi connectivity index (χ0) is 16.7. The largest absolute Gasteiger partial charge is 0.457 e. The van der Waals surface area contributed by atoms with Crippen molar-refractivity contribution in [3.05, 3.63) is 65.2 Å². The predicted molar refractivity (Wildman–Crippen MR) is 86.4 cm³/mol. The molecule has 2 aromatic carbocycles. The number of Topliss-reactive ketones (excluding diaryl/α,β-unsaturated/α-hetero) is 1. The van der Waals surface area contributed by atoms with Gasteiger partial charge in [0.05, 0.1) is 0 Å². The molecule has 1 N–H and O–H groups in total. The van der Waals surface area contributed by atoms with Crippen LogP contribution in [0.2, 0.25) is 5.02 Å². The van der Waals surface area contributed by atoms with Gasteiger partial charge in [-0.25, -0.2) is 0 Å². The molecule has 0 aliphatic heterocycles. The molecule has 1 amide bonds. The molecule has 0 saturated heterocycles. The number of hydrogen-bond acceptors (Lipinski definition) is 4. The van der Waals surface area contributed by atoms with Crippen LogP contribution in [0.5, 0.6) is 0 Å². The molecule has 0 unspecified atom stereocenters. The molecule has 2 aromatic rings. The highest BCUT2D eigenvalue weighted by Gasteiger charge is 2.13. The zero-order valence-electron chi connectivity index (χ0n) is 12.1. The third-order valence-electron chi connectivity index (χ3n) is 2.89. The third-order valence-corrected chi connectivity index (χ3v) is 3.14. The first-order chi connectivity index (χ1) is 11.0. The molecule has 0 aliphatic rings. The minimum atomic E-state index is -0.763. The smallest absolute Gasteiger partial charge is 0.315 e. The fraction of sp³-hybridized carbons (Fsp3) is 0.118. The summed E-state index contributed by atoms with van der Waals surface area (Å²) in [6.45, 7) is -0.392. The fourth-order valence-electron chi connectivity index (χ4n) is 1.77. The molecule has 0 fully saturated rings. The van der Waals surface area contributed by atoms with Crippen molar-refractivity contribution in [2.45, 2.75) is 6.42 Å². The Morgan fingerprint density at radius 2 is 1.61 bits per heavy atom. The highest BCUT2D eigenvalue weighted by atomic mass is 35.5. The molecular formula is C17H14ClNO4. The third kappa shape index (κ3) is 5.56. The van der Waals surface area contributed by atoms with Crippen LogP contribution >= 0.6 is 11.6 Å². The lowest BCUT2D eigenvalue weighted by atomic mass is 10.1. The maximum Gasteiger partial charge on any atom is 0.315 e. The van der Waals surface area contributed by atoms with E-state index < -0.39 is 24.9 Å². The van der Waals surface area contributed by atoms with E-state index >= 15 is 0 Å². The number of hydrogen-bond donors (Lipinski definition) is 1. The normalized spacial score (nSPS) is 9.96. The lowest BCUT2D eigenvalue weighted by Crippen LogP contribution is -2.20. The molecule has 23 heavy (non-hydrogen) atoms. The van der Waals surface area contributed by atoms with E-state index in [0.29, 0.717) is 16.3 Å². The average Bonchev–Trinajstić information content (AvgIpc) is 2.55. The summed E-state index contributed by atoms with van der Waals surface area (Å²) in [7, 11) is 0. The van der Waals surface area contributed by atoms with Gasteiger partial charge in [0.1, 0.15) is 6.42 Å². The Morgan fingerprint density at radius 3 is 2.26 bits per heavy atom. The van der Waals surface area contributed by atoms with Gasteiger partial charge in [-0.3, -0.25) is 14.4 Å². The molecule has 0 heterocycles. The Balaban J connectivity index is 1.77. The van der Waals surface area contributed by atoms with Crippen molar-refractivity contribution in [2.24, 2.45) is 0 Å². The zero-order valence-corrected chi connectivity index (χ0v) is 12.9. The van der Waals surface area contributed by atoms with E-state index in [1.54, 1.807) is 54.6 Å². The number of amides is 1. The van der Waals surface area contributed by atoms with Gasteiger partial charge in [0, 0.05) is 16.3 Å². The van der Waals surface area contributed by atoms with E-state index in [1.165, 1.54) is 0 Å². The van der Waals surface area contributed by atoms with Crippen molar-refractivity contribution in [3.63, 3.8) is 0 Å². The van der Waals surface area contributed by atoms with Gasteiger partial charge in [-0.15, -0.1) is 0 Å². The SMILES string of the molecule is O=C(CC(=O)OCC(=O)c1ccccc1)Nc1ccc(Cl)cc1. The Morgan fingerprint density at radius 1 is 0.957 bits per heavy atom. The van der Waals surface area contributed by atoms with Crippen molar-refractivity contribution < 1.29 is 19.1 Å². The monoisotopic (exact) mass is 331 g/mol. The molecule has 0 bridgehead atoms. The Labute approximate surface area is 138 Å². The van der Waals surface area contributed by atoms with Crippen LogP contribution in [0, 0.1) is 0 Å². The van der Waals surface area contributed by atoms with Crippen molar-refractivity contribution in [1.82, 2.24) is 0 Å². The van der Waals surface area contributed by atoms with Crippen LogP contribution in [0.25, 0.3) is 0 Å². The molecule has 0 aliphatic carbocycles.